The Morgan fingerprint density at radius 2 is 1.88 bits per heavy atom. The molecule has 0 amide bonds. The van der Waals surface area contributed by atoms with Crippen LogP contribution >= 0.6 is 0 Å². The smallest absolute Gasteiger partial charge is 0.396 e. The van der Waals surface area contributed by atoms with Crippen LogP contribution in [0.3, 0.4) is 0 Å². The fourth-order valence-electron chi connectivity index (χ4n) is 3.83. The van der Waals surface area contributed by atoms with Crippen molar-refractivity contribution in [3.63, 3.8) is 0 Å². The lowest BCUT2D eigenvalue weighted by atomic mass is 10.1. The van der Waals surface area contributed by atoms with Gasteiger partial charge in [0.25, 0.3) is 0 Å². The van der Waals surface area contributed by atoms with Gasteiger partial charge in [-0.3, -0.25) is 0 Å². The number of aromatic nitrogens is 5. The zero-order valence-corrected chi connectivity index (χ0v) is 18.0. The molecular formula is C22H22F3N9. The molecule has 1 aliphatic heterocycles. The van der Waals surface area contributed by atoms with E-state index in [1.54, 1.807) is 12.4 Å². The quantitative estimate of drug-likeness (QED) is 0.352. The molecule has 4 aromatic heterocycles. The number of halogens is 3. The number of nitrogens with two attached hydrogens (primary N) is 1. The number of nitrogen functional groups attached to an aromatic ring is 1. The highest BCUT2D eigenvalue weighted by Crippen LogP contribution is 2.35. The molecule has 1 aliphatic rings. The molecule has 1 fully saturated rings. The molecule has 0 aliphatic carbocycles. The van der Waals surface area contributed by atoms with Gasteiger partial charge in [0.2, 0.25) is 5.95 Å². The minimum Gasteiger partial charge on any atom is -0.396 e. The summed E-state index contributed by atoms with van der Waals surface area (Å²) in [5.41, 5.74) is 7.44. The SMILES string of the molecule is Nc1cnc(NCc2ccc(N3CCNCC3)nc2)nc1-c1c[nH]c2ncc(C(F)(F)F)cc12. The first kappa shape index (κ1) is 21.9. The Balaban J connectivity index is 1.35. The largest absolute Gasteiger partial charge is 0.417 e. The van der Waals surface area contributed by atoms with Crippen molar-refractivity contribution in [2.45, 2.75) is 12.7 Å². The van der Waals surface area contributed by atoms with E-state index in [0.717, 1.165) is 49.8 Å². The Morgan fingerprint density at radius 3 is 2.62 bits per heavy atom. The Morgan fingerprint density at radius 1 is 1.06 bits per heavy atom. The molecule has 0 saturated carbocycles. The van der Waals surface area contributed by atoms with Crippen molar-refractivity contribution in [3.8, 4) is 11.3 Å². The molecule has 5 N–H and O–H groups in total. The van der Waals surface area contributed by atoms with E-state index in [-0.39, 0.29) is 11.1 Å². The topological polar surface area (TPSA) is 121 Å². The summed E-state index contributed by atoms with van der Waals surface area (Å²) in [7, 11) is 0. The van der Waals surface area contributed by atoms with E-state index in [0.29, 0.717) is 29.4 Å². The highest BCUT2D eigenvalue weighted by molar-refractivity contribution is 5.95. The standard InChI is InChI=1S/C22H22F3N9/c23-22(24,25)14-7-15-16(11-30-20(15)29-10-14)19-17(26)12-32-21(33-19)31-9-13-1-2-18(28-8-13)34-5-3-27-4-6-34/h1-2,7-8,10-12,27H,3-6,9,26H2,(H,29,30)(H,31,32,33). The lowest BCUT2D eigenvalue weighted by molar-refractivity contribution is -0.137. The first-order chi connectivity index (χ1) is 16.4. The fourth-order valence-corrected chi connectivity index (χ4v) is 3.83. The van der Waals surface area contributed by atoms with Gasteiger partial charge in [0, 0.05) is 62.3 Å². The normalized spacial score (nSPS) is 14.5. The lowest BCUT2D eigenvalue weighted by Gasteiger charge is -2.28. The fraction of sp³-hybridized carbons (Fsp3) is 0.273. The van der Waals surface area contributed by atoms with E-state index >= 15 is 0 Å². The van der Waals surface area contributed by atoms with Crippen molar-refractivity contribution >= 4 is 28.5 Å². The van der Waals surface area contributed by atoms with Crippen LogP contribution in [0.2, 0.25) is 0 Å². The van der Waals surface area contributed by atoms with Gasteiger partial charge in [0.05, 0.1) is 17.4 Å². The molecule has 34 heavy (non-hydrogen) atoms. The number of hydrogen-bond acceptors (Lipinski definition) is 8. The minimum atomic E-state index is -4.51. The Hall–Kier alpha value is -3.93. The summed E-state index contributed by atoms with van der Waals surface area (Å²) in [5, 5.41) is 6.72. The molecular weight excluding hydrogens is 447 g/mol. The third-order valence-corrected chi connectivity index (χ3v) is 5.63. The molecule has 9 nitrogen and oxygen atoms in total. The predicted molar refractivity (Wildman–Crippen MR) is 123 cm³/mol. The van der Waals surface area contributed by atoms with Gasteiger partial charge in [-0.1, -0.05) is 6.07 Å². The number of fused-ring (bicyclic) bond motifs is 1. The van der Waals surface area contributed by atoms with E-state index in [4.69, 9.17) is 5.73 Å². The van der Waals surface area contributed by atoms with Crippen molar-refractivity contribution < 1.29 is 13.2 Å². The number of H-pyrrole nitrogens is 1. The van der Waals surface area contributed by atoms with Crippen LogP contribution in [0.5, 0.6) is 0 Å². The van der Waals surface area contributed by atoms with Crippen LogP contribution in [0, 0.1) is 0 Å². The molecule has 5 heterocycles. The lowest BCUT2D eigenvalue weighted by Crippen LogP contribution is -2.43. The summed E-state index contributed by atoms with van der Waals surface area (Å²) in [5.74, 6) is 1.23. The van der Waals surface area contributed by atoms with Crippen molar-refractivity contribution in [1.82, 2.24) is 30.2 Å². The van der Waals surface area contributed by atoms with Gasteiger partial charge >= 0.3 is 6.18 Å². The molecule has 1 saturated heterocycles. The molecule has 0 aromatic carbocycles. The Bertz CT molecular complexity index is 1300. The first-order valence-corrected chi connectivity index (χ1v) is 10.7. The number of pyridine rings is 2. The van der Waals surface area contributed by atoms with Gasteiger partial charge in [-0.25, -0.2) is 19.9 Å². The van der Waals surface area contributed by atoms with Crippen molar-refractivity contribution in [2.24, 2.45) is 0 Å². The van der Waals surface area contributed by atoms with Crippen LogP contribution in [0.25, 0.3) is 22.3 Å². The summed E-state index contributed by atoms with van der Waals surface area (Å²) in [6, 6.07) is 5.00. The van der Waals surface area contributed by atoms with E-state index in [1.807, 2.05) is 12.1 Å². The summed E-state index contributed by atoms with van der Waals surface area (Å²) >= 11 is 0. The van der Waals surface area contributed by atoms with Gasteiger partial charge < -0.3 is 26.3 Å². The van der Waals surface area contributed by atoms with E-state index in [1.165, 1.54) is 6.20 Å². The van der Waals surface area contributed by atoms with Crippen LogP contribution in [0.4, 0.5) is 30.6 Å². The van der Waals surface area contributed by atoms with E-state index in [9.17, 15) is 13.2 Å². The number of aromatic amines is 1. The average Bonchev–Trinajstić information content (AvgIpc) is 3.27. The molecule has 12 heteroatoms. The zero-order valence-electron chi connectivity index (χ0n) is 18.0. The summed E-state index contributed by atoms with van der Waals surface area (Å²) < 4.78 is 39.5. The van der Waals surface area contributed by atoms with Gasteiger partial charge in [0.1, 0.15) is 17.2 Å². The van der Waals surface area contributed by atoms with Crippen molar-refractivity contribution in [3.05, 3.63) is 54.1 Å². The maximum atomic E-state index is 13.2. The molecule has 0 unspecified atom stereocenters. The average molecular weight is 469 g/mol. The third-order valence-electron chi connectivity index (χ3n) is 5.63. The van der Waals surface area contributed by atoms with Gasteiger partial charge in [0.15, 0.2) is 0 Å². The summed E-state index contributed by atoms with van der Waals surface area (Å²) in [6.45, 7) is 4.13. The number of nitrogens with one attached hydrogen (secondary N) is 3. The van der Waals surface area contributed by atoms with Crippen molar-refractivity contribution in [1.29, 1.82) is 0 Å². The maximum Gasteiger partial charge on any atom is 0.417 e. The van der Waals surface area contributed by atoms with Gasteiger partial charge in [-0.15, -0.1) is 0 Å². The number of alkyl halides is 3. The molecule has 4 aromatic rings. The minimum absolute atomic E-state index is 0.242. The Kier molecular flexibility index (Phi) is 5.65. The number of nitrogens with zero attached hydrogens (tertiary/aromatic N) is 5. The molecule has 0 spiro atoms. The Labute approximate surface area is 192 Å². The van der Waals surface area contributed by atoms with Crippen LogP contribution in [0.15, 0.2) is 43.0 Å². The number of rotatable bonds is 5. The number of piperazine rings is 1. The first-order valence-electron chi connectivity index (χ1n) is 10.7. The van der Waals surface area contributed by atoms with Crippen LogP contribution in [0.1, 0.15) is 11.1 Å². The van der Waals surface area contributed by atoms with Crippen LogP contribution in [-0.2, 0) is 12.7 Å². The number of hydrogen-bond donors (Lipinski definition) is 4. The number of anilines is 3. The molecule has 0 atom stereocenters. The molecule has 176 valence electrons. The van der Waals surface area contributed by atoms with Crippen LogP contribution < -0.4 is 21.3 Å². The predicted octanol–water partition coefficient (Wildman–Crippen LogP) is 3.04. The summed E-state index contributed by atoms with van der Waals surface area (Å²) in [4.78, 5) is 22.2. The highest BCUT2D eigenvalue weighted by atomic mass is 19.4. The maximum absolute atomic E-state index is 13.2. The second kappa shape index (κ2) is 8.78. The second-order valence-electron chi connectivity index (χ2n) is 7.93. The third kappa shape index (κ3) is 4.44. The van der Waals surface area contributed by atoms with Crippen LogP contribution in [-0.4, -0.2) is 51.1 Å². The van der Waals surface area contributed by atoms with E-state index < -0.39 is 11.7 Å². The monoisotopic (exact) mass is 469 g/mol. The van der Waals surface area contributed by atoms with Gasteiger partial charge in [-0.2, -0.15) is 13.2 Å². The second-order valence-corrected chi connectivity index (χ2v) is 7.93. The van der Waals surface area contributed by atoms with Gasteiger partial charge in [-0.05, 0) is 17.7 Å². The highest BCUT2D eigenvalue weighted by Gasteiger charge is 2.31. The van der Waals surface area contributed by atoms with E-state index in [2.05, 4.69) is 40.5 Å². The van der Waals surface area contributed by atoms with Crippen molar-refractivity contribution in [2.75, 3.05) is 42.1 Å². The molecule has 5 rings (SSSR count). The summed E-state index contributed by atoms with van der Waals surface area (Å²) in [6.07, 6.45) is 1.05. The zero-order chi connectivity index (χ0) is 23.7. The molecule has 0 radical (unpaired) electrons. The molecule has 0 bridgehead atoms.